The summed E-state index contributed by atoms with van der Waals surface area (Å²) >= 11 is 0. The van der Waals surface area contributed by atoms with Crippen LogP contribution in [0, 0.1) is 6.92 Å². The largest absolute Gasteiger partial charge is 0.478 e. The second kappa shape index (κ2) is 10.7. The number of ether oxygens (including phenoxy) is 1. The first-order chi connectivity index (χ1) is 14.7. The SMILES string of the molecule is CCc1cccc(C)c1NC(=O)COC(=O)c1ccc(NC(=O)C=C(C)C(=O)O)cc1. The number of carboxylic acids is 1. The lowest BCUT2D eigenvalue weighted by molar-refractivity contribution is -0.132. The van der Waals surface area contributed by atoms with Gasteiger partial charge in [-0.3, -0.25) is 9.59 Å². The molecule has 162 valence electrons. The highest BCUT2D eigenvalue weighted by atomic mass is 16.5. The Balaban J connectivity index is 1.92. The van der Waals surface area contributed by atoms with Gasteiger partial charge in [-0.05, 0) is 55.7 Å². The normalized spacial score (nSPS) is 10.9. The summed E-state index contributed by atoms with van der Waals surface area (Å²) in [7, 11) is 0. The molecule has 0 aliphatic carbocycles. The highest BCUT2D eigenvalue weighted by molar-refractivity contribution is 6.04. The van der Waals surface area contributed by atoms with Gasteiger partial charge in [0.05, 0.1) is 5.56 Å². The minimum atomic E-state index is -1.19. The molecule has 0 saturated carbocycles. The fraction of sp³-hybridized carbons (Fsp3) is 0.217. The van der Waals surface area contributed by atoms with Crippen LogP contribution in [0.3, 0.4) is 0 Å². The summed E-state index contributed by atoms with van der Waals surface area (Å²) < 4.78 is 5.06. The maximum Gasteiger partial charge on any atom is 0.338 e. The summed E-state index contributed by atoms with van der Waals surface area (Å²) in [5.41, 5.74) is 3.11. The predicted octanol–water partition coefficient (Wildman–Crippen LogP) is 3.32. The molecule has 0 saturated heterocycles. The highest BCUT2D eigenvalue weighted by Crippen LogP contribution is 2.21. The summed E-state index contributed by atoms with van der Waals surface area (Å²) in [6.45, 7) is 4.74. The van der Waals surface area contributed by atoms with Crippen molar-refractivity contribution in [3.05, 3.63) is 70.8 Å². The van der Waals surface area contributed by atoms with Gasteiger partial charge in [-0.25, -0.2) is 9.59 Å². The molecule has 2 aromatic carbocycles. The van der Waals surface area contributed by atoms with Crippen molar-refractivity contribution in [2.24, 2.45) is 0 Å². The standard InChI is InChI=1S/C23H24N2O6/c1-4-16-7-5-6-14(2)21(16)25-20(27)13-31-23(30)17-8-10-18(11-9-17)24-19(26)12-15(3)22(28)29/h5-12H,4,13H2,1-3H3,(H,24,26)(H,25,27)(H,28,29). The Morgan fingerprint density at radius 1 is 1.03 bits per heavy atom. The van der Waals surface area contributed by atoms with Gasteiger partial charge in [-0.2, -0.15) is 0 Å². The van der Waals surface area contributed by atoms with Crippen molar-refractivity contribution in [1.29, 1.82) is 0 Å². The fourth-order valence-electron chi connectivity index (χ4n) is 2.72. The molecule has 0 heterocycles. The Morgan fingerprint density at radius 2 is 1.71 bits per heavy atom. The third-order valence-electron chi connectivity index (χ3n) is 4.41. The number of carbonyl (C=O) groups excluding carboxylic acids is 3. The van der Waals surface area contributed by atoms with Gasteiger partial charge in [-0.1, -0.05) is 25.1 Å². The van der Waals surface area contributed by atoms with Gasteiger partial charge in [0.15, 0.2) is 6.61 Å². The number of rotatable bonds is 8. The molecule has 0 aliphatic rings. The van der Waals surface area contributed by atoms with E-state index >= 15 is 0 Å². The van der Waals surface area contributed by atoms with E-state index in [0.717, 1.165) is 29.3 Å². The van der Waals surface area contributed by atoms with Crippen LogP contribution in [-0.2, 0) is 25.5 Å². The molecule has 8 nitrogen and oxygen atoms in total. The topological polar surface area (TPSA) is 122 Å². The third-order valence-corrected chi connectivity index (χ3v) is 4.41. The molecular formula is C23H24N2O6. The molecule has 2 aromatic rings. The van der Waals surface area contributed by atoms with E-state index in [-0.39, 0.29) is 11.1 Å². The summed E-state index contributed by atoms with van der Waals surface area (Å²) in [6.07, 6.45) is 1.72. The predicted molar refractivity (Wildman–Crippen MR) is 116 cm³/mol. The van der Waals surface area contributed by atoms with Crippen molar-refractivity contribution in [3.8, 4) is 0 Å². The molecular weight excluding hydrogens is 400 g/mol. The average Bonchev–Trinajstić information content (AvgIpc) is 2.73. The van der Waals surface area contributed by atoms with Gasteiger partial charge in [-0.15, -0.1) is 0 Å². The first-order valence-electron chi connectivity index (χ1n) is 9.59. The zero-order valence-corrected chi connectivity index (χ0v) is 17.5. The van der Waals surface area contributed by atoms with Gasteiger partial charge in [0.2, 0.25) is 5.91 Å². The van der Waals surface area contributed by atoms with E-state index < -0.39 is 30.4 Å². The zero-order valence-electron chi connectivity index (χ0n) is 17.5. The van der Waals surface area contributed by atoms with E-state index in [0.29, 0.717) is 5.69 Å². The Hall–Kier alpha value is -3.94. The first kappa shape index (κ1) is 23.3. The lowest BCUT2D eigenvalue weighted by atomic mass is 10.1. The van der Waals surface area contributed by atoms with Gasteiger partial charge in [0.1, 0.15) is 0 Å². The van der Waals surface area contributed by atoms with Crippen LogP contribution < -0.4 is 10.6 Å². The number of amides is 2. The van der Waals surface area contributed by atoms with Crippen LogP contribution in [0.15, 0.2) is 54.1 Å². The minimum absolute atomic E-state index is 0.104. The summed E-state index contributed by atoms with van der Waals surface area (Å²) in [5, 5.41) is 14.1. The van der Waals surface area contributed by atoms with E-state index in [9.17, 15) is 19.2 Å². The van der Waals surface area contributed by atoms with E-state index in [1.165, 1.54) is 31.2 Å². The molecule has 2 rings (SSSR count). The number of para-hydroxylation sites is 1. The smallest absolute Gasteiger partial charge is 0.338 e. The van der Waals surface area contributed by atoms with Crippen molar-refractivity contribution in [2.75, 3.05) is 17.2 Å². The van der Waals surface area contributed by atoms with Crippen molar-refractivity contribution in [3.63, 3.8) is 0 Å². The molecule has 31 heavy (non-hydrogen) atoms. The molecule has 0 radical (unpaired) electrons. The maximum absolute atomic E-state index is 12.2. The molecule has 0 aliphatic heterocycles. The number of aliphatic carboxylic acids is 1. The van der Waals surface area contributed by atoms with Crippen molar-refractivity contribution in [1.82, 2.24) is 0 Å². The molecule has 8 heteroatoms. The second-order valence-electron chi connectivity index (χ2n) is 6.79. The second-order valence-corrected chi connectivity index (χ2v) is 6.79. The Morgan fingerprint density at radius 3 is 2.32 bits per heavy atom. The van der Waals surface area contributed by atoms with E-state index in [2.05, 4.69) is 10.6 Å². The van der Waals surface area contributed by atoms with Crippen LogP contribution in [0.4, 0.5) is 11.4 Å². The zero-order chi connectivity index (χ0) is 23.0. The number of nitrogens with one attached hydrogen (secondary N) is 2. The Kier molecular flexibility index (Phi) is 8.08. The number of aryl methyl sites for hydroxylation is 2. The van der Waals surface area contributed by atoms with E-state index in [1.807, 2.05) is 32.0 Å². The summed E-state index contributed by atoms with van der Waals surface area (Å²) in [5.74, 6) is -2.92. The molecule has 0 bridgehead atoms. The van der Waals surface area contributed by atoms with Crippen LogP contribution in [0.1, 0.15) is 35.3 Å². The molecule has 0 unspecified atom stereocenters. The Bertz CT molecular complexity index is 1020. The van der Waals surface area contributed by atoms with Crippen LogP contribution in [0.5, 0.6) is 0 Å². The number of carboxylic acid groups (broad SMARTS) is 1. The number of esters is 1. The first-order valence-corrected chi connectivity index (χ1v) is 9.59. The lowest BCUT2D eigenvalue weighted by Crippen LogP contribution is -2.22. The van der Waals surface area contributed by atoms with Gasteiger partial charge >= 0.3 is 11.9 Å². The van der Waals surface area contributed by atoms with Crippen molar-refractivity contribution < 1.29 is 29.0 Å². The average molecular weight is 424 g/mol. The monoisotopic (exact) mass is 424 g/mol. The Labute approximate surface area is 179 Å². The highest BCUT2D eigenvalue weighted by Gasteiger charge is 2.13. The third kappa shape index (κ3) is 6.81. The summed E-state index contributed by atoms with van der Waals surface area (Å²) in [6, 6.07) is 11.5. The number of carbonyl (C=O) groups is 4. The van der Waals surface area contributed by atoms with Gasteiger partial charge in [0, 0.05) is 23.0 Å². The van der Waals surface area contributed by atoms with Crippen LogP contribution >= 0.6 is 0 Å². The maximum atomic E-state index is 12.2. The molecule has 2 amide bonds. The minimum Gasteiger partial charge on any atom is -0.478 e. The van der Waals surface area contributed by atoms with Crippen molar-refractivity contribution >= 4 is 35.1 Å². The van der Waals surface area contributed by atoms with E-state index in [1.54, 1.807) is 0 Å². The fourth-order valence-corrected chi connectivity index (χ4v) is 2.72. The van der Waals surface area contributed by atoms with Crippen molar-refractivity contribution in [2.45, 2.75) is 27.2 Å². The molecule has 0 atom stereocenters. The molecule has 3 N–H and O–H groups in total. The van der Waals surface area contributed by atoms with Gasteiger partial charge < -0.3 is 20.5 Å². The van der Waals surface area contributed by atoms with E-state index in [4.69, 9.17) is 9.84 Å². The molecule has 0 spiro atoms. The molecule has 0 fully saturated rings. The molecule has 0 aromatic heterocycles. The van der Waals surface area contributed by atoms with Crippen LogP contribution in [-0.4, -0.2) is 35.5 Å². The number of anilines is 2. The summed E-state index contributed by atoms with van der Waals surface area (Å²) in [4.78, 5) is 46.9. The van der Waals surface area contributed by atoms with Gasteiger partial charge in [0.25, 0.3) is 5.91 Å². The number of benzene rings is 2. The van der Waals surface area contributed by atoms with Crippen LogP contribution in [0.25, 0.3) is 0 Å². The number of hydrogen-bond acceptors (Lipinski definition) is 5. The number of hydrogen-bond donors (Lipinski definition) is 3. The lowest BCUT2D eigenvalue weighted by Gasteiger charge is -2.13. The van der Waals surface area contributed by atoms with Crippen LogP contribution in [0.2, 0.25) is 0 Å². The quantitative estimate of drug-likeness (QED) is 0.441.